The Bertz CT molecular complexity index is 465. The Morgan fingerprint density at radius 1 is 1.42 bits per heavy atom. The average molecular weight is 270 g/mol. The number of carbonyl (C=O) groups is 2. The molecule has 0 atom stereocenters. The molecule has 0 saturated heterocycles. The summed E-state index contributed by atoms with van der Waals surface area (Å²) < 4.78 is 22.4. The van der Waals surface area contributed by atoms with E-state index >= 15 is 0 Å². The first-order chi connectivity index (χ1) is 9.04. The predicted molar refractivity (Wildman–Crippen MR) is 66.0 cm³/mol. The molecule has 104 valence electrons. The van der Waals surface area contributed by atoms with Gasteiger partial charge in [-0.1, -0.05) is 0 Å². The third kappa shape index (κ3) is 4.92. The van der Waals surface area contributed by atoms with E-state index in [1.165, 1.54) is 13.2 Å². The molecule has 0 saturated carbocycles. The van der Waals surface area contributed by atoms with Crippen molar-refractivity contribution in [3.8, 4) is 0 Å². The van der Waals surface area contributed by atoms with Crippen LogP contribution in [0.1, 0.15) is 10.4 Å². The van der Waals surface area contributed by atoms with Gasteiger partial charge in [0, 0.05) is 19.3 Å². The SMILES string of the molecule is COCCNC(=O)COC(=O)c1cc(F)ccc1N. The first-order valence-corrected chi connectivity index (χ1v) is 5.52. The highest BCUT2D eigenvalue weighted by Gasteiger charge is 2.14. The number of halogens is 1. The van der Waals surface area contributed by atoms with Crippen molar-refractivity contribution in [2.24, 2.45) is 0 Å². The summed E-state index contributed by atoms with van der Waals surface area (Å²) in [5, 5.41) is 2.47. The average Bonchev–Trinajstić information content (AvgIpc) is 2.39. The van der Waals surface area contributed by atoms with E-state index in [9.17, 15) is 14.0 Å². The van der Waals surface area contributed by atoms with Gasteiger partial charge in [0.05, 0.1) is 12.2 Å². The molecular weight excluding hydrogens is 255 g/mol. The Labute approximate surface area is 109 Å². The van der Waals surface area contributed by atoms with Crippen molar-refractivity contribution in [3.05, 3.63) is 29.6 Å². The molecule has 0 unspecified atom stereocenters. The van der Waals surface area contributed by atoms with E-state index < -0.39 is 24.3 Å². The van der Waals surface area contributed by atoms with Crippen molar-refractivity contribution >= 4 is 17.6 Å². The van der Waals surface area contributed by atoms with E-state index in [1.807, 2.05) is 0 Å². The van der Waals surface area contributed by atoms with Crippen LogP contribution >= 0.6 is 0 Å². The van der Waals surface area contributed by atoms with Gasteiger partial charge in [0.15, 0.2) is 6.61 Å². The van der Waals surface area contributed by atoms with E-state index in [0.29, 0.717) is 13.2 Å². The van der Waals surface area contributed by atoms with Gasteiger partial charge in [0.25, 0.3) is 5.91 Å². The first-order valence-electron chi connectivity index (χ1n) is 5.52. The number of anilines is 1. The first kappa shape index (κ1) is 14.9. The lowest BCUT2D eigenvalue weighted by Gasteiger charge is -2.07. The maximum atomic E-state index is 13.0. The molecule has 6 nitrogen and oxygen atoms in total. The van der Waals surface area contributed by atoms with Crippen LogP contribution in [0.15, 0.2) is 18.2 Å². The summed E-state index contributed by atoms with van der Waals surface area (Å²) in [4.78, 5) is 22.8. The standard InChI is InChI=1S/C12H15FN2O4/c1-18-5-4-15-11(16)7-19-12(17)9-6-8(13)2-3-10(9)14/h2-3,6H,4-5,7,14H2,1H3,(H,15,16). The minimum Gasteiger partial charge on any atom is -0.452 e. The topological polar surface area (TPSA) is 90.6 Å². The second-order valence-electron chi connectivity index (χ2n) is 3.65. The molecule has 19 heavy (non-hydrogen) atoms. The third-order valence-corrected chi connectivity index (χ3v) is 2.20. The molecule has 0 radical (unpaired) electrons. The quantitative estimate of drug-likeness (QED) is 0.441. The number of hydrogen-bond acceptors (Lipinski definition) is 5. The smallest absolute Gasteiger partial charge is 0.340 e. The number of nitrogen functional groups attached to an aromatic ring is 1. The van der Waals surface area contributed by atoms with Gasteiger partial charge >= 0.3 is 5.97 Å². The number of hydrogen-bond donors (Lipinski definition) is 2. The Balaban J connectivity index is 2.47. The van der Waals surface area contributed by atoms with E-state index in [-0.39, 0.29) is 11.3 Å². The molecule has 0 heterocycles. The van der Waals surface area contributed by atoms with Crippen molar-refractivity contribution in [3.63, 3.8) is 0 Å². The molecular formula is C12H15FN2O4. The van der Waals surface area contributed by atoms with Gasteiger partial charge in [0.2, 0.25) is 0 Å². The van der Waals surface area contributed by atoms with Crippen LogP contribution in [0.5, 0.6) is 0 Å². The summed E-state index contributed by atoms with van der Waals surface area (Å²) in [5.74, 6) is -1.93. The molecule has 0 fully saturated rings. The van der Waals surface area contributed by atoms with Crippen LogP contribution < -0.4 is 11.1 Å². The van der Waals surface area contributed by atoms with E-state index in [4.69, 9.17) is 15.2 Å². The largest absolute Gasteiger partial charge is 0.452 e. The zero-order valence-corrected chi connectivity index (χ0v) is 10.4. The van der Waals surface area contributed by atoms with Crippen LogP contribution in [0.2, 0.25) is 0 Å². The molecule has 0 aliphatic carbocycles. The molecule has 0 aliphatic heterocycles. The monoisotopic (exact) mass is 270 g/mol. The van der Waals surface area contributed by atoms with E-state index in [0.717, 1.165) is 12.1 Å². The van der Waals surface area contributed by atoms with Crippen molar-refractivity contribution in [1.82, 2.24) is 5.32 Å². The Morgan fingerprint density at radius 2 is 2.16 bits per heavy atom. The fraction of sp³-hybridized carbons (Fsp3) is 0.333. The number of methoxy groups -OCH3 is 1. The molecule has 3 N–H and O–H groups in total. The summed E-state index contributed by atoms with van der Waals surface area (Å²) >= 11 is 0. The zero-order valence-electron chi connectivity index (χ0n) is 10.4. The van der Waals surface area contributed by atoms with Gasteiger partial charge in [-0.05, 0) is 18.2 Å². The summed E-state index contributed by atoms with van der Waals surface area (Å²) in [7, 11) is 1.50. The minimum atomic E-state index is -0.848. The van der Waals surface area contributed by atoms with Gasteiger partial charge in [-0.15, -0.1) is 0 Å². The van der Waals surface area contributed by atoms with Crippen LogP contribution in [0.3, 0.4) is 0 Å². The molecule has 0 spiro atoms. The molecule has 1 aromatic rings. The number of nitrogens with two attached hydrogens (primary N) is 1. The Hall–Kier alpha value is -2.15. The summed E-state index contributed by atoms with van der Waals surface area (Å²) in [5.41, 5.74) is 5.49. The normalized spacial score (nSPS) is 10.0. The number of amides is 1. The highest BCUT2D eigenvalue weighted by Crippen LogP contribution is 2.14. The van der Waals surface area contributed by atoms with Gasteiger partial charge in [0.1, 0.15) is 5.82 Å². The second kappa shape index (κ2) is 7.32. The Morgan fingerprint density at radius 3 is 2.84 bits per heavy atom. The number of rotatable bonds is 6. The lowest BCUT2D eigenvalue weighted by molar-refractivity contribution is -0.124. The van der Waals surface area contributed by atoms with E-state index in [2.05, 4.69) is 5.32 Å². The van der Waals surface area contributed by atoms with Gasteiger partial charge in [-0.3, -0.25) is 4.79 Å². The fourth-order valence-corrected chi connectivity index (χ4v) is 1.26. The summed E-state index contributed by atoms with van der Waals surface area (Å²) in [6, 6.07) is 3.34. The lowest BCUT2D eigenvalue weighted by Crippen LogP contribution is -2.31. The maximum Gasteiger partial charge on any atom is 0.340 e. The number of nitrogens with one attached hydrogen (secondary N) is 1. The van der Waals surface area contributed by atoms with Gasteiger partial charge < -0.3 is 20.5 Å². The summed E-state index contributed by atoms with van der Waals surface area (Å²) in [6.07, 6.45) is 0. The minimum absolute atomic E-state index is 0.0891. The highest BCUT2D eigenvalue weighted by atomic mass is 19.1. The van der Waals surface area contributed by atoms with Crippen LogP contribution in [0, 0.1) is 5.82 Å². The van der Waals surface area contributed by atoms with Crippen LogP contribution in [0.4, 0.5) is 10.1 Å². The number of benzene rings is 1. The van der Waals surface area contributed by atoms with Crippen molar-refractivity contribution in [1.29, 1.82) is 0 Å². The molecule has 1 rings (SSSR count). The molecule has 1 aromatic carbocycles. The molecule has 0 aliphatic rings. The molecule has 0 bridgehead atoms. The maximum absolute atomic E-state index is 13.0. The Kier molecular flexibility index (Phi) is 5.74. The predicted octanol–water partition coefficient (Wildman–Crippen LogP) is 0.327. The summed E-state index contributed by atoms with van der Waals surface area (Å²) in [6.45, 7) is 0.212. The number of ether oxygens (including phenoxy) is 2. The second-order valence-corrected chi connectivity index (χ2v) is 3.65. The van der Waals surface area contributed by atoms with Crippen molar-refractivity contribution < 1.29 is 23.5 Å². The van der Waals surface area contributed by atoms with Crippen molar-refractivity contribution in [2.45, 2.75) is 0 Å². The van der Waals surface area contributed by atoms with Gasteiger partial charge in [-0.25, -0.2) is 9.18 Å². The zero-order chi connectivity index (χ0) is 14.3. The van der Waals surface area contributed by atoms with E-state index in [1.54, 1.807) is 0 Å². The third-order valence-electron chi connectivity index (χ3n) is 2.20. The number of esters is 1. The van der Waals surface area contributed by atoms with Gasteiger partial charge in [-0.2, -0.15) is 0 Å². The van der Waals surface area contributed by atoms with Crippen LogP contribution in [0.25, 0.3) is 0 Å². The van der Waals surface area contributed by atoms with Crippen LogP contribution in [-0.2, 0) is 14.3 Å². The molecule has 7 heteroatoms. The molecule has 0 aromatic heterocycles. The molecule has 1 amide bonds. The highest BCUT2D eigenvalue weighted by molar-refractivity contribution is 5.96. The number of carbonyl (C=O) groups excluding carboxylic acids is 2. The fourth-order valence-electron chi connectivity index (χ4n) is 1.26. The van der Waals surface area contributed by atoms with Crippen LogP contribution in [-0.4, -0.2) is 38.7 Å². The van der Waals surface area contributed by atoms with Crippen molar-refractivity contribution in [2.75, 3.05) is 32.6 Å². The lowest BCUT2D eigenvalue weighted by atomic mass is 10.2.